The van der Waals surface area contributed by atoms with Crippen molar-refractivity contribution in [3.63, 3.8) is 0 Å². The third-order valence-electron chi connectivity index (χ3n) is 6.67. The molecule has 7 amide bonds. The first kappa shape index (κ1) is 48.2. The maximum atomic E-state index is 12.8. The summed E-state index contributed by atoms with van der Waals surface area (Å²) in [6.07, 6.45) is 0.727. The molecular formula is C34H55N7O14. The molecule has 0 saturated heterocycles. The number of primary amides is 1. The Morgan fingerprint density at radius 3 is 1.64 bits per heavy atom. The Balaban J connectivity index is 2.10. The average Bonchev–Trinajstić information content (AvgIpc) is 3.17. The highest BCUT2D eigenvalue weighted by Gasteiger charge is 2.22. The number of carbonyl (C=O) groups excluding carboxylic acids is 7. The van der Waals surface area contributed by atoms with Gasteiger partial charge in [0.2, 0.25) is 41.9 Å². The van der Waals surface area contributed by atoms with Crippen molar-refractivity contribution in [2.24, 2.45) is 5.73 Å². The molecule has 1 rings (SSSR count). The largest absolute Gasteiger partial charge is 0.379 e. The van der Waals surface area contributed by atoms with Gasteiger partial charge in [0.05, 0.1) is 98.9 Å². The first-order valence-electron chi connectivity index (χ1n) is 17.6. The molecule has 0 spiro atoms. The fraction of sp³-hybridized carbons (Fsp3) is 0.618. The van der Waals surface area contributed by atoms with Crippen LogP contribution in [0.4, 0.5) is 0 Å². The quantitative estimate of drug-likeness (QED) is 0.0193. The third-order valence-corrected chi connectivity index (χ3v) is 6.67. The van der Waals surface area contributed by atoms with E-state index in [1.165, 1.54) is 0 Å². The zero-order chi connectivity index (χ0) is 40.2. The van der Waals surface area contributed by atoms with Crippen LogP contribution in [0.5, 0.6) is 0 Å². The highest BCUT2D eigenvalue weighted by Crippen LogP contribution is 2.03. The Hall–Kier alpha value is -4.77. The molecule has 1 aromatic carbocycles. The third kappa shape index (κ3) is 30.3. The van der Waals surface area contributed by atoms with Crippen LogP contribution in [-0.4, -0.2) is 167 Å². The van der Waals surface area contributed by atoms with Gasteiger partial charge in [-0.3, -0.25) is 33.6 Å². The molecule has 0 saturated carbocycles. The highest BCUT2D eigenvalue weighted by atomic mass is 16.6. The molecule has 21 heteroatoms. The number of nitrogens with two attached hydrogens (primary N) is 1. The van der Waals surface area contributed by atoms with Crippen LogP contribution in [0, 0.1) is 0 Å². The molecule has 0 bridgehead atoms. The second-order valence-electron chi connectivity index (χ2n) is 11.1. The predicted octanol–water partition coefficient (Wildman–Crippen LogP) is -4.13. The van der Waals surface area contributed by atoms with Gasteiger partial charge < -0.3 is 70.8 Å². The fourth-order valence-corrected chi connectivity index (χ4v) is 4.01. The summed E-state index contributed by atoms with van der Waals surface area (Å²) in [5.41, 5.74) is 5.68. The second-order valence-corrected chi connectivity index (χ2v) is 11.1. The van der Waals surface area contributed by atoms with Gasteiger partial charge in [0.15, 0.2) is 0 Å². The molecule has 0 heterocycles. The van der Waals surface area contributed by atoms with Gasteiger partial charge in [-0.1, -0.05) is 30.3 Å². The SMILES string of the molecule is NC(=O)COCNC(=O)CNC(=O)[C@H](Cc1ccccc1)NC(=O)CNC(=O)CNC(=O)CCOCCOCCOCCOCCOCCOCCNC=O. The number of rotatable bonds is 36. The Morgan fingerprint density at radius 1 is 0.582 bits per heavy atom. The molecule has 1 aromatic rings. The van der Waals surface area contributed by atoms with E-state index in [2.05, 4.69) is 31.9 Å². The zero-order valence-corrected chi connectivity index (χ0v) is 31.0. The number of hydrogen-bond acceptors (Lipinski definition) is 14. The predicted molar refractivity (Wildman–Crippen MR) is 193 cm³/mol. The van der Waals surface area contributed by atoms with Crippen molar-refractivity contribution in [2.45, 2.75) is 18.9 Å². The van der Waals surface area contributed by atoms with Gasteiger partial charge in [-0.2, -0.15) is 0 Å². The van der Waals surface area contributed by atoms with Crippen molar-refractivity contribution < 1.29 is 66.7 Å². The van der Waals surface area contributed by atoms with Crippen molar-refractivity contribution in [1.29, 1.82) is 0 Å². The van der Waals surface area contributed by atoms with Crippen molar-refractivity contribution in [1.82, 2.24) is 31.9 Å². The van der Waals surface area contributed by atoms with E-state index in [0.29, 0.717) is 79.0 Å². The van der Waals surface area contributed by atoms with Crippen molar-refractivity contribution in [2.75, 3.05) is 119 Å². The minimum atomic E-state index is -1.07. The number of ether oxygens (including phenoxy) is 7. The highest BCUT2D eigenvalue weighted by molar-refractivity contribution is 5.92. The van der Waals surface area contributed by atoms with Gasteiger partial charge in [-0.15, -0.1) is 0 Å². The molecule has 0 aliphatic heterocycles. The van der Waals surface area contributed by atoms with Crippen molar-refractivity contribution in [3.05, 3.63) is 35.9 Å². The molecule has 0 radical (unpaired) electrons. The lowest BCUT2D eigenvalue weighted by Gasteiger charge is -2.19. The number of hydrogen-bond donors (Lipinski definition) is 7. The summed E-state index contributed by atoms with van der Waals surface area (Å²) >= 11 is 0. The summed E-state index contributed by atoms with van der Waals surface area (Å²) in [5.74, 6) is -3.68. The monoisotopic (exact) mass is 785 g/mol. The van der Waals surface area contributed by atoms with Gasteiger partial charge >= 0.3 is 0 Å². The molecule has 21 nitrogen and oxygen atoms in total. The molecule has 0 unspecified atom stereocenters. The summed E-state index contributed by atoms with van der Waals surface area (Å²) in [7, 11) is 0. The molecule has 0 aliphatic rings. The normalized spacial score (nSPS) is 11.2. The van der Waals surface area contributed by atoms with Crippen LogP contribution in [0.2, 0.25) is 0 Å². The van der Waals surface area contributed by atoms with E-state index in [9.17, 15) is 33.6 Å². The Labute approximate surface area is 319 Å². The molecular weight excluding hydrogens is 730 g/mol. The lowest BCUT2D eigenvalue weighted by Crippen LogP contribution is -2.52. The number of benzene rings is 1. The molecule has 8 N–H and O–H groups in total. The molecule has 55 heavy (non-hydrogen) atoms. The summed E-state index contributed by atoms with van der Waals surface area (Å²) in [4.78, 5) is 82.4. The van der Waals surface area contributed by atoms with Crippen LogP contribution in [-0.2, 0) is 73.1 Å². The first-order valence-corrected chi connectivity index (χ1v) is 17.6. The van der Waals surface area contributed by atoms with Crippen molar-refractivity contribution in [3.8, 4) is 0 Å². The van der Waals surface area contributed by atoms with E-state index in [0.717, 1.165) is 5.56 Å². The minimum Gasteiger partial charge on any atom is -0.379 e. The Morgan fingerprint density at radius 2 is 1.07 bits per heavy atom. The van der Waals surface area contributed by atoms with Crippen LogP contribution in [0.25, 0.3) is 0 Å². The van der Waals surface area contributed by atoms with E-state index < -0.39 is 54.6 Å². The van der Waals surface area contributed by atoms with Gasteiger partial charge in [-0.05, 0) is 5.56 Å². The number of carbonyl (C=O) groups is 7. The van der Waals surface area contributed by atoms with E-state index in [-0.39, 0.29) is 45.9 Å². The Bertz CT molecular complexity index is 1250. The smallest absolute Gasteiger partial charge is 0.243 e. The number of amides is 7. The summed E-state index contributed by atoms with van der Waals surface area (Å²) in [6.45, 7) is 2.94. The lowest BCUT2D eigenvalue weighted by atomic mass is 10.1. The topological polar surface area (TPSA) is 282 Å². The lowest BCUT2D eigenvalue weighted by molar-refractivity contribution is -0.131. The maximum Gasteiger partial charge on any atom is 0.243 e. The first-order chi connectivity index (χ1) is 26.7. The van der Waals surface area contributed by atoms with Crippen molar-refractivity contribution >= 4 is 41.9 Å². The minimum absolute atomic E-state index is 0.00455. The Kier molecular flexibility index (Phi) is 29.6. The summed E-state index contributed by atoms with van der Waals surface area (Å²) in [6, 6.07) is 7.77. The van der Waals surface area contributed by atoms with Crippen LogP contribution in [0.3, 0.4) is 0 Å². The summed E-state index contributed by atoms with van der Waals surface area (Å²) < 4.78 is 37.0. The van der Waals surface area contributed by atoms with Gasteiger partial charge in [0.1, 0.15) is 19.4 Å². The van der Waals surface area contributed by atoms with Crippen LogP contribution >= 0.6 is 0 Å². The molecule has 310 valence electrons. The van der Waals surface area contributed by atoms with Gasteiger partial charge in [-0.25, -0.2) is 0 Å². The maximum absolute atomic E-state index is 12.8. The summed E-state index contributed by atoms with van der Waals surface area (Å²) in [5, 5.41) is 14.6. The van der Waals surface area contributed by atoms with E-state index in [1.54, 1.807) is 30.3 Å². The molecule has 0 fully saturated rings. The van der Waals surface area contributed by atoms with E-state index in [1.807, 2.05) is 0 Å². The van der Waals surface area contributed by atoms with Crippen LogP contribution < -0.4 is 37.6 Å². The standard InChI is InChI=1S/C34H55N7O14/c35-29(43)24-55-26-40-32(46)22-39-34(48)28(20-27-4-2-1-3-5-27)41-33(47)23-38-31(45)21-37-30(44)6-8-49-10-12-51-14-16-53-18-19-54-17-15-52-13-11-50-9-7-36-25-42/h1-5,25,28H,6-24,26H2,(H2,35,43)(H,36,42)(H,37,44)(H,38,45)(H,39,48)(H,40,46)(H,41,47)/t28-/m0/s1. The molecule has 0 aliphatic carbocycles. The average molecular weight is 786 g/mol. The molecule has 0 aromatic heterocycles. The van der Waals surface area contributed by atoms with Gasteiger partial charge in [0.25, 0.3) is 0 Å². The van der Waals surface area contributed by atoms with Crippen LogP contribution in [0.1, 0.15) is 12.0 Å². The van der Waals surface area contributed by atoms with E-state index in [4.69, 9.17) is 38.9 Å². The zero-order valence-electron chi connectivity index (χ0n) is 31.0. The van der Waals surface area contributed by atoms with Crippen LogP contribution in [0.15, 0.2) is 30.3 Å². The fourth-order valence-electron chi connectivity index (χ4n) is 4.01. The van der Waals surface area contributed by atoms with E-state index >= 15 is 0 Å². The molecule has 1 atom stereocenters. The number of nitrogens with one attached hydrogen (secondary N) is 6. The second kappa shape index (κ2) is 33.8. The van der Waals surface area contributed by atoms with Gasteiger partial charge in [0, 0.05) is 19.4 Å².